The first-order valence-electron chi connectivity index (χ1n) is 14.9. The lowest BCUT2D eigenvalue weighted by Crippen LogP contribution is -2.42. The van der Waals surface area contributed by atoms with Gasteiger partial charge in [-0.25, -0.2) is 9.79 Å². The lowest BCUT2D eigenvalue weighted by molar-refractivity contribution is 0.136. The van der Waals surface area contributed by atoms with Crippen molar-refractivity contribution in [2.45, 2.75) is 95.6 Å². The van der Waals surface area contributed by atoms with E-state index in [1.807, 2.05) is 25.1 Å². The number of anilines is 1. The zero-order valence-electron chi connectivity index (χ0n) is 24.4. The molecule has 9 heteroatoms. The summed E-state index contributed by atoms with van der Waals surface area (Å²) >= 11 is 1.60. The molecular formula is C32H41N3O5S. The number of methoxy groups -OCH3 is 1. The molecule has 1 aromatic heterocycles. The Kier molecular flexibility index (Phi) is 9.60. The van der Waals surface area contributed by atoms with Crippen molar-refractivity contribution < 1.29 is 23.8 Å². The van der Waals surface area contributed by atoms with Gasteiger partial charge in [0.15, 0.2) is 18.2 Å². The fourth-order valence-corrected chi connectivity index (χ4v) is 6.51. The molecule has 2 aliphatic carbocycles. The number of hydrogen-bond acceptors (Lipinski definition) is 8. The minimum atomic E-state index is -0.377. The molecule has 41 heavy (non-hydrogen) atoms. The quantitative estimate of drug-likeness (QED) is 0.255. The number of benzene rings is 1. The van der Waals surface area contributed by atoms with Gasteiger partial charge in [0, 0.05) is 13.0 Å². The summed E-state index contributed by atoms with van der Waals surface area (Å²) < 4.78 is 17.5. The number of carbonyl (C=O) groups excluding carboxylic acids is 1. The van der Waals surface area contributed by atoms with E-state index in [2.05, 4.69) is 41.2 Å². The standard InChI is InChI=1S/C32H41N3O5S/c1-4-5-20-38-31(36)34-25-14-17-32(18-15-25,19-16-27-11-13-30(41-27)35-22-33-23(2)40-35)24-10-12-28(37-3)29(21-24)39-26-8-6-7-9-26/h10-13,21,25-26H,4-9,14-15,17-18,20,22H2,1-3H3,(H,34,36). The van der Waals surface area contributed by atoms with Crippen LogP contribution in [-0.2, 0) is 15.0 Å². The van der Waals surface area contributed by atoms with Gasteiger partial charge >= 0.3 is 6.09 Å². The monoisotopic (exact) mass is 579 g/mol. The van der Waals surface area contributed by atoms with Gasteiger partial charge in [0.2, 0.25) is 5.90 Å². The van der Waals surface area contributed by atoms with Crippen molar-refractivity contribution in [3.63, 3.8) is 0 Å². The Morgan fingerprint density at radius 2 is 1.98 bits per heavy atom. The number of hydrogen-bond donors (Lipinski definition) is 1. The molecule has 3 aliphatic rings. The fraction of sp³-hybridized carbons (Fsp3) is 0.562. The number of nitrogens with zero attached hydrogens (tertiary/aromatic N) is 2. The Hall–Kier alpha value is -3.38. The third-order valence-corrected chi connectivity index (χ3v) is 9.14. The van der Waals surface area contributed by atoms with Crippen molar-refractivity contribution in [2.75, 3.05) is 25.4 Å². The van der Waals surface area contributed by atoms with Crippen LogP contribution in [0.3, 0.4) is 0 Å². The molecule has 1 aliphatic heterocycles. The summed E-state index contributed by atoms with van der Waals surface area (Å²) in [4.78, 5) is 23.3. The fourth-order valence-electron chi connectivity index (χ4n) is 5.72. The van der Waals surface area contributed by atoms with Crippen molar-refractivity contribution in [2.24, 2.45) is 4.99 Å². The van der Waals surface area contributed by atoms with E-state index in [1.54, 1.807) is 23.5 Å². The van der Waals surface area contributed by atoms with Gasteiger partial charge in [0.25, 0.3) is 0 Å². The SMILES string of the molecule is CCCCOC(=O)NC1CCC(C#Cc2ccc(N3CN=C(C)O3)s2)(c2ccc(OC)c(OC3CCCC3)c2)CC1. The van der Waals surface area contributed by atoms with Crippen LogP contribution in [0.1, 0.15) is 88.5 Å². The van der Waals surface area contributed by atoms with E-state index in [1.165, 1.54) is 12.8 Å². The number of alkyl carbamates (subject to hydrolysis) is 1. The molecule has 0 saturated heterocycles. The van der Waals surface area contributed by atoms with Crippen molar-refractivity contribution in [3.05, 3.63) is 40.8 Å². The third-order valence-electron chi connectivity index (χ3n) is 8.13. The van der Waals surface area contributed by atoms with Crippen LogP contribution in [-0.4, -0.2) is 44.5 Å². The summed E-state index contributed by atoms with van der Waals surface area (Å²) in [7, 11) is 1.69. The van der Waals surface area contributed by atoms with Crippen LogP contribution in [0.2, 0.25) is 0 Å². The van der Waals surface area contributed by atoms with E-state index < -0.39 is 0 Å². The number of carbonyl (C=O) groups is 1. The molecule has 1 aromatic carbocycles. The predicted molar refractivity (Wildman–Crippen MR) is 162 cm³/mol. The van der Waals surface area contributed by atoms with Crippen LogP contribution in [0.5, 0.6) is 11.5 Å². The summed E-state index contributed by atoms with van der Waals surface area (Å²) in [6.07, 6.45) is 9.59. The van der Waals surface area contributed by atoms with E-state index in [4.69, 9.17) is 19.0 Å². The maximum absolute atomic E-state index is 12.3. The molecule has 5 rings (SSSR count). The number of rotatable bonds is 9. The highest BCUT2D eigenvalue weighted by molar-refractivity contribution is 7.16. The second-order valence-electron chi connectivity index (χ2n) is 11.1. The van der Waals surface area contributed by atoms with Gasteiger partial charge in [-0.2, -0.15) is 5.06 Å². The first-order valence-corrected chi connectivity index (χ1v) is 15.7. The maximum Gasteiger partial charge on any atom is 0.407 e. The molecule has 2 fully saturated rings. The molecule has 0 bridgehead atoms. The zero-order valence-corrected chi connectivity index (χ0v) is 25.2. The average molecular weight is 580 g/mol. The van der Waals surface area contributed by atoms with Crippen molar-refractivity contribution >= 4 is 28.3 Å². The number of ether oxygens (including phenoxy) is 3. The molecular weight excluding hydrogens is 538 g/mol. The number of unbranched alkanes of at least 4 members (excludes halogenated alkanes) is 1. The van der Waals surface area contributed by atoms with Crippen LogP contribution in [0.25, 0.3) is 0 Å². The number of aliphatic imine (C=N–C) groups is 1. The Morgan fingerprint density at radius 1 is 1.17 bits per heavy atom. The summed E-state index contributed by atoms with van der Waals surface area (Å²) in [5.74, 6) is 9.38. The minimum Gasteiger partial charge on any atom is -0.493 e. The van der Waals surface area contributed by atoms with E-state index in [0.29, 0.717) is 19.2 Å². The van der Waals surface area contributed by atoms with Gasteiger partial charge in [0.05, 0.1) is 30.1 Å². The molecule has 1 N–H and O–H groups in total. The topological polar surface area (TPSA) is 81.6 Å². The number of thiophene rings is 1. The zero-order chi connectivity index (χ0) is 28.7. The first kappa shape index (κ1) is 29.1. The summed E-state index contributed by atoms with van der Waals surface area (Å²) in [5, 5.41) is 5.84. The second-order valence-corrected chi connectivity index (χ2v) is 12.1. The Bertz CT molecular complexity index is 1280. The highest BCUT2D eigenvalue weighted by Crippen LogP contribution is 2.43. The molecule has 8 nitrogen and oxygen atoms in total. The molecule has 0 spiro atoms. The van der Waals surface area contributed by atoms with Crippen molar-refractivity contribution in [3.8, 4) is 23.3 Å². The summed E-state index contributed by atoms with van der Waals surface area (Å²) in [6.45, 7) is 4.89. The average Bonchev–Trinajstić information content (AvgIpc) is 3.76. The van der Waals surface area contributed by atoms with Gasteiger partial charge in [-0.05, 0) is 87.6 Å². The van der Waals surface area contributed by atoms with Gasteiger partial charge in [-0.3, -0.25) is 0 Å². The van der Waals surface area contributed by atoms with Gasteiger partial charge in [0.1, 0.15) is 5.00 Å². The number of hydroxylamine groups is 1. The Labute approximate surface area is 247 Å². The lowest BCUT2D eigenvalue weighted by Gasteiger charge is -2.37. The van der Waals surface area contributed by atoms with Crippen LogP contribution >= 0.6 is 11.3 Å². The van der Waals surface area contributed by atoms with Crippen molar-refractivity contribution in [1.82, 2.24) is 5.32 Å². The Morgan fingerprint density at radius 3 is 2.68 bits per heavy atom. The van der Waals surface area contributed by atoms with Crippen LogP contribution in [0, 0.1) is 11.8 Å². The molecule has 1 amide bonds. The normalized spacial score (nSPS) is 22.4. The number of amides is 1. The van der Waals surface area contributed by atoms with Crippen LogP contribution in [0.15, 0.2) is 35.3 Å². The second kappa shape index (κ2) is 13.5. The molecule has 0 radical (unpaired) electrons. The van der Waals surface area contributed by atoms with E-state index in [-0.39, 0.29) is 23.7 Å². The lowest BCUT2D eigenvalue weighted by atomic mass is 9.68. The summed E-state index contributed by atoms with van der Waals surface area (Å²) in [5.41, 5.74) is 0.754. The highest BCUT2D eigenvalue weighted by Gasteiger charge is 2.37. The number of nitrogens with one attached hydrogen (secondary N) is 1. The molecule has 2 heterocycles. The smallest absolute Gasteiger partial charge is 0.407 e. The van der Waals surface area contributed by atoms with E-state index in [0.717, 1.165) is 78.3 Å². The largest absolute Gasteiger partial charge is 0.493 e. The van der Waals surface area contributed by atoms with Crippen molar-refractivity contribution in [1.29, 1.82) is 0 Å². The Balaban J connectivity index is 1.37. The summed E-state index contributed by atoms with van der Waals surface area (Å²) in [6, 6.07) is 10.4. The third kappa shape index (κ3) is 7.28. The molecule has 220 valence electrons. The molecule has 0 unspecified atom stereocenters. The molecule has 0 atom stereocenters. The van der Waals surface area contributed by atoms with Crippen LogP contribution in [0.4, 0.5) is 9.80 Å². The molecule has 2 saturated carbocycles. The van der Waals surface area contributed by atoms with Crippen LogP contribution < -0.4 is 19.9 Å². The van der Waals surface area contributed by atoms with Gasteiger partial charge in [-0.1, -0.05) is 31.3 Å². The maximum atomic E-state index is 12.3. The van der Waals surface area contributed by atoms with E-state index >= 15 is 0 Å². The van der Waals surface area contributed by atoms with Gasteiger partial charge < -0.3 is 24.4 Å². The molecule has 2 aromatic rings. The van der Waals surface area contributed by atoms with E-state index in [9.17, 15) is 4.79 Å². The van der Waals surface area contributed by atoms with Gasteiger partial charge in [-0.15, -0.1) is 11.3 Å². The predicted octanol–water partition coefficient (Wildman–Crippen LogP) is 6.96. The minimum absolute atomic E-state index is 0.0652. The first-order chi connectivity index (χ1) is 20.0. The highest BCUT2D eigenvalue weighted by atomic mass is 32.1.